The van der Waals surface area contributed by atoms with Crippen molar-refractivity contribution >= 4 is 6.09 Å². The van der Waals surface area contributed by atoms with Crippen molar-refractivity contribution in [3.05, 3.63) is 83.4 Å². The second-order valence-electron chi connectivity index (χ2n) is 8.81. The van der Waals surface area contributed by atoms with E-state index in [1.54, 1.807) is 26.2 Å². The van der Waals surface area contributed by atoms with Crippen molar-refractivity contribution in [2.75, 3.05) is 47.5 Å². The van der Waals surface area contributed by atoms with E-state index in [-0.39, 0.29) is 6.09 Å². The van der Waals surface area contributed by atoms with Gasteiger partial charge >= 0.3 is 6.09 Å². The molecule has 0 spiro atoms. The van der Waals surface area contributed by atoms with E-state index in [2.05, 4.69) is 11.0 Å². The van der Waals surface area contributed by atoms with Crippen molar-refractivity contribution in [1.82, 2.24) is 9.80 Å². The zero-order valence-corrected chi connectivity index (χ0v) is 21.2. The highest BCUT2D eigenvalue weighted by molar-refractivity contribution is 5.70. The fourth-order valence-corrected chi connectivity index (χ4v) is 4.35. The number of piperazine rings is 1. The number of rotatable bonds is 9. The number of carbonyl (C=O) groups excluding carboxylic acids is 1. The van der Waals surface area contributed by atoms with Crippen LogP contribution in [0.15, 0.2) is 66.7 Å². The van der Waals surface area contributed by atoms with Crippen molar-refractivity contribution in [1.29, 1.82) is 0 Å². The molecule has 1 heterocycles. The zero-order chi connectivity index (χ0) is 25.3. The number of para-hydroxylation sites is 1. The Balaban J connectivity index is 1.24. The molecule has 3 aromatic rings. The SMILES string of the molecule is COc1cc(CCc2ccc(OC(=O)N3CCN(Cc4ccccc4OC)CC3)cc2)cc(OC)c1. The average Bonchev–Trinajstić information content (AvgIpc) is 2.93. The van der Waals surface area contributed by atoms with Crippen LogP contribution in [0.3, 0.4) is 0 Å². The van der Waals surface area contributed by atoms with Gasteiger partial charge in [-0.2, -0.15) is 0 Å². The number of hydrogen-bond donors (Lipinski definition) is 0. The third-order valence-electron chi connectivity index (χ3n) is 6.46. The van der Waals surface area contributed by atoms with Gasteiger partial charge in [-0.3, -0.25) is 4.90 Å². The molecule has 0 saturated carbocycles. The number of ether oxygens (including phenoxy) is 4. The topological polar surface area (TPSA) is 60.5 Å². The van der Waals surface area contributed by atoms with E-state index >= 15 is 0 Å². The van der Waals surface area contributed by atoms with Crippen molar-refractivity contribution in [2.24, 2.45) is 0 Å². The van der Waals surface area contributed by atoms with Crippen LogP contribution in [0.5, 0.6) is 23.0 Å². The van der Waals surface area contributed by atoms with Crippen LogP contribution in [0, 0.1) is 0 Å². The monoisotopic (exact) mass is 490 g/mol. The predicted octanol–water partition coefficient (Wildman–Crippen LogP) is 4.81. The smallest absolute Gasteiger partial charge is 0.415 e. The molecule has 0 bridgehead atoms. The van der Waals surface area contributed by atoms with E-state index in [1.807, 2.05) is 60.7 Å². The lowest BCUT2D eigenvalue weighted by Gasteiger charge is -2.34. The molecule has 3 aromatic carbocycles. The fourth-order valence-electron chi connectivity index (χ4n) is 4.35. The summed E-state index contributed by atoms with van der Waals surface area (Å²) in [4.78, 5) is 16.8. The summed E-state index contributed by atoms with van der Waals surface area (Å²) in [5, 5.41) is 0. The van der Waals surface area contributed by atoms with E-state index in [9.17, 15) is 4.79 Å². The molecule has 0 N–H and O–H groups in total. The second-order valence-corrected chi connectivity index (χ2v) is 8.81. The van der Waals surface area contributed by atoms with E-state index < -0.39 is 0 Å². The maximum atomic E-state index is 12.7. The van der Waals surface area contributed by atoms with Gasteiger partial charge < -0.3 is 23.8 Å². The molecule has 0 radical (unpaired) electrons. The molecule has 36 heavy (non-hydrogen) atoms. The van der Waals surface area contributed by atoms with Gasteiger partial charge in [0.1, 0.15) is 23.0 Å². The Morgan fingerprint density at radius 1 is 0.722 bits per heavy atom. The first-order valence-corrected chi connectivity index (χ1v) is 12.2. The minimum atomic E-state index is -0.303. The Kier molecular flexibility index (Phi) is 8.68. The van der Waals surface area contributed by atoms with Gasteiger partial charge in [-0.25, -0.2) is 4.79 Å². The molecule has 190 valence electrons. The second kappa shape index (κ2) is 12.3. The van der Waals surface area contributed by atoms with Crippen LogP contribution >= 0.6 is 0 Å². The van der Waals surface area contributed by atoms with Crippen LogP contribution < -0.4 is 18.9 Å². The molecule has 7 nitrogen and oxygen atoms in total. The highest BCUT2D eigenvalue weighted by Crippen LogP contribution is 2.24. The van der Waals surface area contributed by atoms with Crippen LogP contribution in [0.4, 0.5) is 4.79 Å². The third-order valence-corrected chi connectivity index (χ3v) is 6.46. The first-order valence-electron chi connectivity index (χ1n) is 12.2. The van der Waals surface area contributed by atoms with Crippen LogP contribution in [-0.2, 0) is 19.4 Å². The largest absolute Gasteiger partial charge is 0.497 e. The third kappa shape index (κ3) is 6.70. The Labute approximate surface area is 213 Å². The lowest BCUT2D eigenvalue weighted by atomic mass is 10.0. The number of carbonyl (C=O) groups is 1. The van der Waals surface area contributed by atoms with Gasteiger partial charge in [0.15, 0.2) is 0 Å². The standard InChI is InChI=1S/C29H34N2O5/c1-33-26-18-23(19-27(20-26)34-2)9-8-22-10-12-25(13-11-22)36-29(32)31-16-14-30(15-17-31)21-24-6-4-5-7-28(24)35-3/h4-7,10-13,18-20H,8-9,14-17,21H2,1-3H3. The van der Waals surface area contributed by atoms with Crippen LogP contribution in [0.2, 0.25) is 0 Å². The van der Waals surface area contributed by atoms with Crippen molar-refractivity contribution in [3.8, 4) is 23.0 Å². The fraction of sp³-hybridized carbons (Fsp3) is 0.345. The first kappa shape index (κ1) is 25.4. The van der Waals surface area contributed by atoms with Crippen LogP contribution in [0.1, 0.15) is 16.7 Å². The van der Waals surface area contributed by atoms with Crippen molar-refractivity contribution in [2.45, 2.75) is 19.4 Å². The first-order chi connectivity index (χ1) is 17.6. The van der Waals surface area contributed by atoms with E-state index in [4.69, 9.17) is 18.9 Å². The van der Waals surface area contributed by atoms with Gasteiger partial charge in [0.05, 0.1) is 21.3 Å². The summed E-state index contributed by atoms with van der Waals surface area (Å²) >= 11 is 0. The zero-order valence-electron chi connectivity index (χ0n) is 21.2. The van der Waals surface area contributed by atoms with Gasteiger partial charge in [-0.1, -0.05) is 30.3 Å². The number of methoxy groups -OCH3 is 3. The molecule has 0 atom stereocenters. The molecule has 1 aliphatic rings. The predicted molar refractivity (Wildman–Crippen MR) is 139 cm³/mol. The quantitative estimate of drug-likeness (QED) is 0.429. The minimum Gasteiger partial charge on any atom is -0.497 e. The minimum absolute atomic E-state index is 0.303. The average molecular weight is 491 g/mol. The Morgan fingerprint density at radius 2 is 1.36 bits per heavy atom. The molecule has 1 aliphatic heterocycles. The summed E-state index contributed by atoms with van der Waals surface area (Å²) in [6.45, 7) is 3.66. The highest BCUT2D eigenvalue weighted by Gasteiger charge is 2.23. The molecule has 1 saturated heterocycles. The van der Waals surface area contributed by atoms with Gasteiger partial charge in [0, 0.05) is 44.4 Å². The summed E-state index contributed by atoms with van der Waals surface area (Å²) in [5.74, 6) is 3.02. The maximum absolute atomic E-state index is 12.7. The van der Waals surface area contributed by atoms with Gasteiger partial charge in [0.25, 0.3) is 0 Å². The molecule has 4 rings (SSSR count). The maximum Gasteiger partial charge on any atom is 0.415 e. The molecule has 1 amide bonds. The number of amides is 1. The molecule has 0 aromatic heterocycles. The van der Waals surface area contributed by atoms with Crippen LogP contribution in [-0.4, -0.2) is 63.4 Å². The molecular weight excluding hydrogens is 456 g/mol. The van der Waals surface area contributed by atoms with Crippen LogP contribution in [0.25, 0.3) is 0 Å². The molecule has 1 fully saturated rings. The summed E-state index contributed by atoms with van der Waals surface area (Å²) in [7, 11) is 5.00. The van der Waals surface area contributed by atoms with E-state index in [0.29, 0.717) is 18.8 Å². The van der Waals surface area contributed by atoms with Gasteiger partial charge in [0.2, 0.25) is 0 Å². The normalized spacial score (nSPS) is 13.8. The van der Waals surface area contributed by atoms with Crippen molar-refractivity contribution in [3.63, 3.8) is 0 Å². The summed E-state index contributed by atoms with van der Waals surface area (Å²) < 4.78 is 21.8. The molecule has 7 heteroatoms. The number of nitrogens with zero attached hydrogens (tertiary/aromatic N) is 2. The van der Waals surface area contributed by atoms with E-state index in [0.717, 1.165) is 60.9 Å². The summed E-state index contributed by atoms with van der Waals surface area (Å²) in [5.41, 5.74) is 3.47. The lowest BCUT2D eigenvalue weighted by molar-refractivity contribution is 0.107. The Morgan fingerprint density at radius 3 is 2.00 bits per heavy atom. The van der Waals surface area contributed by atoms with E-state index in [1.165, 1.54) is 5.56 Å². The lowest BCUT2D eigenvalue weighted by Crippen LogP contribution is -2.49. The molecular formula is C29H34N2O5. The highest BCUT2D eigenvalue weighted by atomic mass is 16.6. The van der Waals surface area contributed by atoms with Gasteiger partial charge in [-0.15, -0.1) is 0 Å². The van der Waals surface area contributed by atoms with Crippen molar-refractivity contribution < 1.29 is 23.7 Å². The molecule has 0 aliphatic carbocycles. The number of aryl methyl sites for hydroxylation is 2. The number of benzene rings is 3. The Hall–Kier alpha value is -3.71. The summed E-state index contributed by atoms with van der Waals surface area (Å²) in [6, 6.07) is 21.7. The Bertz CT molecular complexity index is 1120. The number of hydrogen-bond acceptors (Lipinski definition) is 6. The summed E-state index contributed by atoms with van der Waals surface area (Å²) in [6.07, 6.45) is 1.41. The molecule has 0 unspecified atom stereocenters. The van der Waals surface area contributed by atoms with Gasteiger partial charge in [-0.05, 0) is 54.3 Å².